The highest BCUT2D eigenvalue weighted by Gasteiger charge is 2.15. The second kappa shape index (κ2) is 14.0. The average molecular weight is 505 g/mol. The Morgan fingerprint density at radius 3 is 1.81 bits per heavy atom. The zero-order valence-electron chi connectivity index (χ0n) is 20.3. The highest BCUT2D eigenvalue weighted by atomic mass is 16.6. The van der Waals surface area contributed by atoms with Crippen molar-refractivity contribution in [1.82, 2.24) is 10.6 Å². The van der Waals surface area contributed by atoms with Crippen LogP contribution in [0.4, 0.5) is 15.3 Å². The van der Waals surface area contributed by atoms with Crippen molar-refractivity contribution < 1.29 is 28.6 Å². The minimum atomic E-state index is -0.840. The molecular formula is C27H28N4O6. The normalized spacial score (nSPS) is 10.1. The van der Waals surface area contributed by atoms with Gasteiger partial charge in [0.05, 0.1) is 17.9 Å². The lowest BCUT2D eigenvalue weighted by Crippen LogP contribution is -2.44. The van der Waals surface area contributed by atoms with E-state index >= 15 is 0 Å². The number of alkyl carbamates (subject to hydrolysis) is 2. The van der Waals surface area contributed by atoms with E-state index in [0.29, 0.717) is 16.8 Å². The first kappa shape index (κ1) is 26.9. The molecular weight excluding hydrogens is 476 g/mol. The Labute approximate surface area is 214 Å². The van der Waals surface area contributed by atoms with Crippen LogP contribution in [0.3, 0.4) is 0 Å². The molecule has 3 aromatic carbocycles. The van der Waals surface area contributed by atoms with Gasteiger partial charge in [-0.25, -0.2) is 19.4 Å². The highest BCUT2D eigenvalue weighted by Crippen LogP contribution is 2.19. The lowest BCUT2D eigenvalue weighted by atomic mass is 10.1. The molecule has 0 spiro atoms. The van der Waals surface area contributed by atoms with Crippen molar-refractivity contribution in [1.29, 1.82) is 0 Å². The van der Waals surface area contributed by atoms with Crippen LogP contribution in [0.5, 0.6) is 0 Å². The van der Waals surface area contributed by atoms with Gasteiger partial charge < -0.3 is 19.9 Å². The van der Waals surface area contributed by atoms with E-state index in [2.05, 4.69) is 15.6 Å². The molecule has 3 aromatic rings. The molecule has 0 bridgehead atoms. The van der Waals surface area contributed by atoms with E-state index in [9.17, 15) is 14.4 Å². The first-order valence-corrected chi connectivity index (χ1v) is 11.5. The van der Waals surface area contributed by atoms with E-state index < -0.39 is 18.2 Å². The lowest BCUT2D eigenvalue weighted by molar-refractivity contribution is 0.0525. The van der Waals surface area contributed by atoms with Crippen molar-refractivity contribution in [2.75, 3.05) is 6.61 Å². The molecule has 0 unspecified atom stereocenters. The highest BCUT2D eigenvalue weighted by molar-refractivity contribution is 6.02. The smallest absolute Gasteiger partial charge is 0.414 e. The van der Waals surface area contributed by atoms with Crippen LogP contribution in [0.2, 0.25) is 0 Å². The standard InChI is InChI=1S/C27H28N4O6/c1-2-35-24(32)23-14-13-22(15-21(23)16-28)29-25(30-26(33)36-17-19-9-5-3-6-10-19)31-27(34)37-18-20-11-7-4-8-12-20/h3-15H,2,16-18,28H2,1H3,(H2,29,30,31,33,34). The fourth-order valence-corrected chi connectivity index (χ4v) is 3.15. The molecule has 0 radical (unpaired) electrons. The van der Waals surface area contributed by atoms with Gasteiger partial charge in [0.25, 0.3) is 0 Å². The predicted molar refractivity (Wildman–Crippen MR) is 137 cm³/mol. The second-order valence-electron chi connectivity index (χ2n) is 7.60. The van der Waals surface area contributed by atoms with E-state index in [1.54, 1.807) is 37.3 Å². The molecule has 3 rings (SSSR count). The molecule has 37 heavy (non-hydrogen) atoms. The maximum Gasteiger partial charge on any atom is 0.414 e. The van der Waals surface area contributed by atoms with Crippen molar-refractivity contribution in [2.24, 2.45) is 10.7 Å². The first-order chi connectivity index (χ1) is 18.0. The van der Waals surface area contributed by atoms with Crippen LogP contribution >= 0.6 is 0 Å². The van der Waals surface area contributed by atoms with Gasteiger partial charge >= 0.3 is 18.2 Å². The van der Waals surface area contributed by atoms with Gasteiger partial charge in [0.2, 0.25) is 5.96 Å². The van der Waals surface area contributed by atoms with E-state index in [1.807, 2.05) is 36.4 Å². The number of hydrogen-bond donors (Lipinski definition) is 3. The van der Waals surface area contributed by atoms with Crippen LogP contribution in [0, 0.1) is 0 Å². The van der Waals surface area contributed by atoms with Crippen LogP contribution in [-0.2, 0) is 34.0 Å². The molecule has 0 aliphatic rings. The number of hydrogen-bond acceptors (Lipinski definition) is 8. The molecule has 2 amide bonds. The third kappa shape index (κ3) is 8.79. The molecule has 192 valence electrons. The van der Waals surface area contributed by atoms with Crippen molar-refractivity contribution in [2.45, 2.75) is 26.7 Å². The Balaban J connectivity index is 1.75. The summed E-state index contributed by atoms with van der Waals surface area (Å²) in [6, 6.07) is 22.8. The molecule has 4 N–H and O–H groups in total. The van der Waals surface area contributed by atoms with Crippen LogP contribution in [0.25, 0.3) is 0 Å². The summed E-state index contributed by atoms with van der Waals surface area (Å²) in [6.45, 7) is 2.01. The van der Waals surface area contributed by atoms with Gasteiger partial charge in [0.1, 0.15) is 13.2 Å². The van der Waals surface area contributed by atoms with Crippen molar-refractivity contribution in [3.63, 3.8) is 0 Å². The van der Waals surface area contributed by atoms with Crippen LogP contribution in [-0.4, -0.2) is 30.7 Å². The third-order valence-electron chi connectivity index (χ3n) is 4.91. The summed E-state index contributed by atoms with van der Waals surface area (Å²) in [5, 5.41) is 4.83. The monoisotopic (exact) mass is 504 g/mol. The quantitative estimate of drug-likeness (QED) is 0.181. The Morgan fingerprint density at radius 2 is 1.32 bits per heavy atom. The number of nitrogens with one attached hydrogen (secondary N) is 2. The summed E-state index contributed by atoms with van der Waals surface area (Å²) < 4.78 is 15.5. The van der Waals surface area contributed by atoms with Gasteiger partial charge in [0, 0.05) is 6.54 Å². The Bertz CT molecular complexity index is 1170. The third-order valence-corrected chi connectivity index (χ3v) is 4.91. The zero-order valence-corrected chi connectivity index (χ0v) is 20.3. The number of rotatable bonds is 8. The van der Waals surface area contributed by atoms with E-state index in [4.69, 9.17) is 19.9 Å². The van der Waals surface area contributed by atoms with E-state index in [-0.39, 0.29) is 32.3 Å². The minimum absolute atomic E-state index is 0.0178. The van der Waals surface area contributed by atoms with Gasteiger partial charge in [-0.3, -0.25) is 10.6 Å². The van der Waals surface area contributed by atoms with Gasteiger partial charge in [-0.1, -0.05) is 60.7 Å². The average Bonchev–Trinajstić information content (AvgIpc) is 2.92. The van der Waals surface area contributed by atoms with Crippen molar-refractivity contribution in [3.05, 3.63) is 101 Å². The maximum atomic E-state index is 12.4. The van der Waals surface area contributed by atoms with Crippen LogP contribution in [0.15, 0.2) is 83.9 Å². The number of benzene rings is 3. The molecule has 0 heterocycles. The molecule has 0 fully saturated rings. The number of amides is 2. The molecule has 0 aromatic heterocycles. The number of guanidine groups is 1. The Morgan fingerprint density at radius 1 is 0.784 bits per heavy atom. The molecule has 0 saturated heterocycles. The number of nitrogens with zero attached hydrogens (tertiary/aromatic N) is 1. The Kier molecular flexibility index (Phi) is 10.2. The molecule has 0 saturated carbocycles. The van der Waals surface area contributed by atoms with Crippen LogP contribution in [0.1, 0.15) is 34.0 Å². The topological polar surface area (TPSA) is 141 Å². The SMILES string of the molecule is CCOC(=O)c1ccc(N=C(NC(=O)OCc2ccccc2)NC(=O)OCc2ccccc2)cc1CN. The zero-order chi connectivity index (χ0) is 26.5. The lowest BCUT2D eigenvalue weighted by Gasteiger charge is -2.13. The van der Waals surface area contributed by atoms with E-state index in [0.717, 1.165) is 11.1 Å². The molecule has 10 heteroatoms. The van der Waals surface area contributed by atoms with Gasteiger partial charge in [-0.05, 0) is 41.8 Å². The number of carbonyl (C=O) groups excluding carboxylic acids is 3. The molecule has 0 aliphatic heterocycles. The van der Waals surface area contributed by atoms with Crippen molar-refractivity contribution in [3.8, 4) is 0 Å². The van der Waals surface area contributed by atoms with Crippen molar-refractivity contribution >= 4 is 29.8 Å². The fraction of sp³-hybridized carbons (Fsp3) is 0.185. The van der Waals surface area contributed by atoms with Crippen LogP contribution < -0.4 is 16.4 Å². The number of nitrogens with two attached hydrogens (primary N) is 1. The summed E-state index contributed by atoms with van der Waals surface area (Å²) in [4.78, 5) is 41.3. The fourth-order valence-electron chi connectivity index (χ4n) is 3.15. The number of carbonyl (C=O) groups is 3. The minimum Gasteiger partial charge on any atom is -0.462 e. The number of esters is 1. The molecule has 0 aliphatic carbocycles. The maximum absolute atomic E-state index is 12.4. The first-order valence-electron chi connectivity index (χ1n) is 11.5. The summed E-state index contributed by atoms with van der Waals surface area (Å²) in [6.07, 6.45) is -1.68. The summed E-state index contributed by atoms with van der Waals surface area (Å²) in [5.74, 6) is -0.744. The van der Waals surface area contributed by atoms with Gasteiger partial charge in [-0.2, -0.15) is 0 Å². The number of aliphatic imine (C=N–C) groups is 1. The summed E-state index contributed by atoms with van der Waals surface area (Å²) >= 11 is 0. The largest absolute Gasteiger partial charge is 0.462 e. The molecule has 0 atom stereocenters. The summed E-state index contributed by atoms with van der Waals surface area (Å²) in [7, 11) is 0. The van der Waals surface area contributed by atoms with E-state index in [1.165, 1.54) is 12.1 Å². The van der Waals surface area contributed by atoms with Gasteiger partial charge in [0.15, 0.2) is 0 Å². The predicted octanol–water partition coefficient (Wildman–Crippen LogP) is 4.16. The van der Waals surface area contributed by atoms with Gasteiger partial charge in [-0.15, -0.1) is 0 Å². The summed E-state index contributed by atoms with van der Waals surface area (Å²) in [5.41, 5.74) is 8.47. The second-order valence-corrected chi connectivity index (χ2v) is 7.60. The molecule has 10 nitrogen and oxygen atoms in total. The number of ether oxygens (including phenoxy) is 3. The Hall–Kier alpha value is -4.70.